The minimum atomic E-state index is 0.0369. The second-order valence-electron chi connectivity index (χ2n) is 5.70. The van der Waals surface area contributed by atoms with E-state index in [9.17, 15) is 4.79 Å². The number of benzene rings is 2. The van der Waals surface area contributed by atoms with Gasteiger partial charge in [0.2, 0.25) is 5.91 Å². The van der Waals surface area contributed by atoms with Gasteiger partial charge in [-0.05, 0) is 36.8 Å². The standard InChI is InChI=1S/C19H20BrNO3/c20-14-7-9-15(10-8-14)23-12-3-6-19(22)21-17-11-13-24-18-5-2-1-4-16(17)18/h1-2,4-5,7-10,17H,3,6,11-13H2,(H,21,22)/t17-/m1/s1. The van der Waals surface area contributed by atoms with Crippen LogP contribution in [0, 0.1) is 0 Å². The molecule has 0 unspecified atom stereocenters. The Morgan fingerprint density at radius 2 is 2.00 bits per heavy atom. The van der Waals surface area contributed by atoms with Crippen LogP contribution in [0.2, 0.25) is 0 Å². The molecule has 0 aliphatic carbocycles. The van der Waals surface area contributed by atoms with Crippen molar-refractivity contribution in [3.8, 4) is 11.5 Å². The van der Waals surface area contributed by atoms with Gasteiger partial charge in [-0.3, -0.25) is 4.79 Å². The molecule has 1 aliphatic heterocycles. The van der Waals surface area contributed by atoms with Gasteiger partial charge >= 0.3 is 0 Å². The number of amides is 1. The quantitative estimate of drug-likeness (QED) is 0.751. The molecule has 0 aromatic heterocycles. The van der Waals surface area contributed by atoms with Gasteiger partial charge in [-0.15, -0.1) is 0 Å². The molecule has 1 atom stereocenters. The van der Waals surface area contributed by atoms with E-state index in [1.54, 1.807) is 0 Å². The van der Waals surface area contributed by atoms with Gasteiger partial charge in [-0.25, -0.2) is 0 Å². The van der Waals surface area contributed by atoms with E-state index < -0.39 is 0 Å². The fourth-order valence-corrected chi connectivity index (χ4v) is 2.98. The van der Waals surface area contributed by atoms with E-state index in [-0.39, 0.29) is 11.9 Å². The van der Waals surface area contributed by atoms with E-state index >= 15 is 0 Å². The molecule has 4 nitrogen and oxygen atoms in total. The van der Waals surface area contributed by atoms with Crippen molar-refractivity contribution in [1.29, 1.82) is 0 Å². The fraction of sp³-hybridized carbons (Fsp3) is 0.316. The number of fused-ring (bicyclic) bond motifs is 1. The van der Waals surface area contributed by atoms with Crippen molar-refractivity contribution in [3.05, 3.63) is 58.6 Å². The van der Waals surface area contributed by atoms with E-state index in [0.717, 1.165) is 28.0 Å². The Hall–Kier alpha value is -2.01. The zero-order chi connectivity index (χ0) is 16.8. The summed E-state index contributed by atoms with van der Waals surface area (Å²) in [5.74, 6) is 1.74. The summed E-state index contributed by atoms with van der Waals surface area (Å²) in [6.45, 7) is 1.16. The fourth-order valence-electron chi connectivity index (χ4n) is 2.71. The first-order chi connectivity index (χ1) is 11.7. The largest absolute Gasteiger partial charge is 0.494 e. The van der Waals surface area contributed by atoms with Crippen LogP contribution in [-0.2, 0) is 4.79 Å². The third kappa shape index (κ3) is 4.51. The van der Waals surface area contributed by atoms with Gasteiger partial charge in [0.25, 0.3) is 0 Å². The van der Waals surface area contributed by atoms with Gasteiger partial charge in [0.15, 0.2) is 0 Å². The van der Waals surface area contributed by atoms with Gasteiger partial charge in [-0.2, -0.15) is 0 Å². The molecule has 2 aromatic carbocycles. The Balaban J connectivity index is 1.42. The number of hydrogen-bond acceptors (Lipinski definition) is 3. The second-order valence-corrected chi connectivity index (χ2v) is 6.62. The number of nitrogens with one attached hydrogen (secondary N) is 1. The molecule has 3 rings (SSSR count). The predicted molar refractivity (Wildman–Crippen MR) is 96.3 cm³/mol. The summed E-state index contributed by atoms with van der Waals surface area (Å²) < 4.78 is 12.3. The van der Waals surface area contributed by atoms with Gasteiger partial charge in [0, 0.05) is 22.9 Å². The first-order valence-electron chi connectivity index (χ1n) is 8.12. The number of ether oxygens (including phenoxy) is 2. The van der Waals surface area contributed by atoms with Crippen LogP contribution >= 0.6 is 15.9 Å². The van der Waals surface area contributed by atoms with Crippen LogP contribution in [0.25, 0.3) is 0 Å². The number of halogens is 1. The van der Waals surface area contributed by atoms with E-state index in [0.29, 0.717) is 26.1 Å². The SMILES string of the molecule is O=C(CCCOc1ccc(Br)cc1)N[C@@H]1CCOc2ccccc21. The molecular weight excluding hydrogens is 370 g/mol. The van der Waals surface area contributed by atoms with Crippen LogP contribution in [0.15, 0.2) is 53.0 Å². The van der Waals surface area contributed by atoms with Crippen LogP contribution < -0.4 is 14.8 Å². The normalized spacial score (nSPS) is 16.0. The highest BCUT2D eigenvalue weighted by Crippen LogP contribution is 2.31. The van der Waals surface area contributed by atoms with Gasteiger partial charge < -0.3 is 14.8 Å². The first kappa shape index (κ1) is 16.8. The Labute approximate surface area is 150 Å². The maximum absolute atomic E-state index is 12.2. The zero-order valence-corrected chi connectivity index (χ0v) is 14.9. The third-order valence-electron chi connectivity index (χ3n) is 3.92. The van der Waals surface area contributed by atoms with E-state index in [1.807, 2.05) is 48.5 Å². The monoisotopic (exact) mass is 389 g/mol. The third-order valence-corrected chi connectivity index (χ3v) is 4.45. The molecule has 1 N–H and O–H groups in total. The van der Waals surface area contributed by atoms with Crippen molar-refractivity contribution in [1.82, 2.24) is 5.32 Å². The highest BCUT2D eigenvalue weighted by atomic mass is 79.9. The molecule has 24 heavy (non-hydrogen) atoms. The molecule has 1 heterocycles. The summed E-state index contributed by atoms with van der Waals surface area (Å²) in [5, 5.41) is 3.10. The summed E-state index contributed by atoms with van der Waals surface area (Å²) in [5.41, 5.74) is 1.06. The molecule has 1 amide bonds. The summed E-state index contributed by atoms with van der Waals surface area (Å²) in [7, 11) is 0. The van der Waals surface area contributed by atoms with Crippen molar-refractivity contribution in [2.45, 2.75) is 25.3 Å². The summed E-state index contributed by atoms with van der Waals surface area (Å²) in [6.07, 6.45) is 1.95. The molecular formula is C19H20BrNO3. The molecule has 0 spiro atoms. The summed E-state index contributed by atoms with van der Waals surface area (Å²) in [4.78, 5) is 12.2. The lowest BCUT2D eigenvalue weighted by atomic mass is 10.0. The molecule has 0 bridgehead atoms. The Bertz CT molecular complexity index is 687. The topological polar surface area (TPSA) is 47.6 Å². The van der Waals surface area contributed by atoms with Crippen LogP contribution in [0.4, 0.5) is 0 Å². The lowest BCUT2D eigenvalue weighted by Gasteiger charge is -2.26. The average Bonchev–Trinajstić information content (AvgIpc) is 2.61. The highest BCUT2D eigenvalue weighted by molar-refractivity contribution is 9.10. The van der Waals surface area contributed by atoms with Crippen molar-refractivity contribution in [2.24, 2.45) is 0 Å². The maximum Gasteiger partial charge on any atom is 0.220 e. The molecule has 0 radical (unpaired) electrons. The molecule has 0 fully saturated rings. The smallest absolute Gasteiger partial charge is 0.220 e. The Kier molecular flexibility index (Phi) is 5.75. The molecule has 0 saturated heterocycles. The van der Waals surface area contributed by atoms with E-state index in [4.69, 9.17) is 9.47 Å². The van der Waals surface area contributed by atoms with Crippen molar-refractivity contribution < 1.29 is 14.3 Å². The van der Waals surface area contributed by atoms with Gasteiger partial charge in [0.05, 0.1) is 19.3 Å². The number of hydrogen-bond donors (Lipinski definition) is 1. The Morgan fingerprint density at radius 3 is 2.83 bits per heavy atom. The molecule has 126 valence electrons. The highest BCUT2D eigenvalue weighted by Gasteiger charge is 2.22. The van der Waals surface area contributed by atoms with Crippen molar-refractivity contribution in [3.63, 3.8) is 0 Å². The first-order valence-corrected chi connectivity index (χ1v) is 8.91. The van der Waals surface area contributed by atoms with E-state index in [2.05, 4.69) is 21.2 Å². The number of para-hydroxylation sites is 1. The lowest BCUT2D eigenvalue weighted by Crippen LogP contribution is -2.32. The number of carbonyl (C=O) groups excluding carboxylic acids is 1. The van der Waals surface area contributed by atoms with E-state index in [1.165, 1.54) is 0 Å². The van der Waals surface area contributed by atoms with Crippen molar-refractivity contribution in [2.75, 3.05) is 13.2 Å². The summed E-state index contributed by atoms with van der Waals surface area (Å²) >= 11 is 3.39. The van der Waals surface area contributed by atoms with Gasteiger partial charge in [-0.1, -0.05) is 34.1 Å². The maximum atomic E-state index is 12.2. The molecule has 1 aliphatic rings. The minimum absolute atomic E-state index is 0.0369. The van der Waals surface area contributed by atoms with Crippen LogP contribution in [0.1, 0.15) is 30.9 Å². The second kappa shape index (κ2) is 8.20. The molecule has 2 aromatic rings. The predicted octanol–water partition coefficient (Wildman–Crippen LogP) is 4.25. The summed E-state index contributed by atoms with van der Waals surface area (Å²) in [6, 6.07) is 15.6. The average molecular weight is 390 g/mol. The van der Waals surface area contributed by atoms with Crippen LogP contribution in [-0.4, -0.2) is 19.1 Å². The Morgan fingerprint density at radius 1 is 1.21 bits per heavy atom. The number of carbonyl (C=O) groups is 1. The van der Waals surface area contributed by atoms with Crippen LogP contribution in [0.3, 0.4) is 0 Å². The van der Waals surface area contributed by atoms with Crippen molar-refractivity contribution >= 4 is 21.8 Å². The van der Waals surface area contributed by atoms with Gasteiger partial charge in [0.1, 0.15) is 11.5 Å². The molecule has 5 heteroatoms. The number of rotatable bonds is 6. The minimum Gasteiger partial charge on any atom is -0.494 e. The lowest BCUT2D eigenvalue weighted by molar-refractivity contribution is -0.122. The molecule has 0 saturated carbocycles. The zero-order valence-electron chi connectivity index (χ0n) is 13.3. The van der Waals surface area contributed by atoms with Crippen LogP contribution in [0.5, 0.6) is 11.5 Å².